The highest BCUT2D eigenvalue weighted by molar-refractivity contribution is 5.86. The van der Waals surface area contributed by atoms with Crippen LogP contribution in [0.3, 0.4) is 0 Å². The molecule has 0 saturated carbocycles. The first-order valence-electron chi connectivity index (χ1n) is 9.30. The molecule has 1 aromatic carbocycles. The third-order valence-electron chi connectivity index (χ3n) is 5.83. The predicted molar refractivity (Wildman–Crippen MR) is 102 cm³/mol. The Morgan fingerprint density at radius 1 is 1.24 bits per heavy atom. The van der Waals surface area contributed by atoms with Gasteiger partial charge in [0.1, 0.15) is 6.61 Å². The molecule has 148 valence electrons. The molecule has 0 radical (unpaired) electrons. The number of fused-ring (bicyclic) bond motifs is 5. The lowest BCUT2D eigenvalue weighted by molar-refractivity contribution is -0.172. The monoisotopic (exact) mass is 394 g/mol. The number of nitrogens with zero attached hydrogens (tertiary/aromatic N) is 2. The van der Waals surface area contributed by atoms with Crippen molar-refractivity contribution in [3.05, 3.63) is 62.9 Å². The number of benzene rings is 1. The summed E-state index contributed by atoms with van der Waals surface area (Å²) in [6.45, 7) is 1.79. The van der Waals surface area contributed by atoms with Crippen LogP contribution in [-0.2, 0) is 28.3 Å². The zero-order chi connectivity index (χ0) is 20.5. The molecule has 0 saturated heterocycles. The minimum absolute atomic E-state index is 0.0893. The predicted octanol–water partition coefficient (Wildman–Crippen LogP) is 1.06. The van der Waals surface area contributed by atoms with Crippen LogP contribution in [0.5, 0.6) is 0 Å². The lowest BCUT2D eigenvalue weighted by Crippen LogP contribution is -2.44. The number of aromatic nitrogens is 2. The van der Waals surface area contributed by atoms with E-state index in [2.05, 4.69) is 4.98 Å². The van der Waals surface area contributed by atoms with E-state index in [-0.39, 0.29) is 29.7 Å². The Morgan fingerprint density at radius 3 is 2.76 bits per heavy atom. The zero-order valence-electron chi connectivity index (χ0n) is 15.5. The van der Waals surface area contributed by atoms with E-state index in [9.17, 15) is 24.9 Å². The Balaban J connectivity index is 1.74. The number of pyridine rings is 2. The molecule has 2 aliphatic heterocycles. The number of carbonyl (C=O) groups is 1. The Bertz CT molecular complexity index is 1260. The van der Waals surface area contributed by atoms with Gasteiger partial charge in [-0.1, -0.05) is 13.0 Å². The second kappa shape index (κ2) is 5.96. The number of esters is 1. The molecule has 0 amide bonds. The number of hydrogen-bond acceptors (Lipinski definition) is 7. The topological polar surface area (TPSA) is 122 Å². The molecular weight excluding hydrogens is 376 g/mol. The molecule has 8 nitrogen and oxygen atoms in total. The molecule has 4 heterocycles. The highest BCUT2D eigenvalue weighted by Gasteiger charge is 2.45. The zero-order valence-corrected chi connectivity index (χ0v) is 15.5. The summed E-state index contributed by atoms with van der Waals surface area (Å²) in [4.78, 5) is 29.9. The Kier molecular flexibility index (Phi) is 3.70. The highest BCUT2D eigenvalue weighted by Crippen LogP contribution is 2.38. The molecule has 0 spiro atoms. The van der Waals surface area contributed by atoms with Crippen molar-refractivity contribution < 1.29 is 24.9 Å². The molecule has 8 heteroatoms. The standard InChI is InChI=1S/C21H18N2O6/c1-2-21(28)14-7-16-17-12(8-23(16)18(24)13(14)9-29-20(21)27)6-11-5-10(19(25)26)3-4-15(11)22-17/h3-7,19,25-26,28H,2,8-9H2,1H3/t21-/m0/s1. The van der Waals surface area contributed by atoms with Crippen molar-refractivity contribution in [2.75, 3.05) is 0 Å². The molecule has 0 fully saturated rings. The fourth-order valence-electron chi connectivity index (χ4n) is 4.16. The first-order chi connectivity index (χ1) is 13.8. The lowest BCUT2D eigenvalue weighted by atomic mass is 9.86. The van der Waals surface area contributed by atoms with Crippen LogP contribution in [0.1, 0.15) is 41.9 Å². The van der Waals surface area contributed by atoms with Crippen molar-refractivity contribution in [2.24, 2.45) is 0 Å². The second-order valence-corrected chi connectivity index (χ2v) is 7.42. The van der Waals surface area contributed by atoms with Crippen LogP contribution in [0.15, 0.2) is 35.1 Å². The molecule has 3 aromatic rings. The van der Waals surface area contributed by atoms with Crippen molar-refractivity contribution in [3.8, 4) is 11.4 Å². The van der Waals surface area contributed by atoms with Crippen molar-refractivity contribution in [3.63, 3.8) is 0 Å². The third kappa shape index (κ3) is 2.40. The van der Waals surface area contributed by atoms with Crippen LogP contribution in [0.4, 0.5) is 0 Å². The van der Waals surface area contributed by atoms with Crippen LogP contribution in [0.25, 0.3) is 22.3 Å². The fraction of sp³-hybridized carbons (Fsp3) is 0.286. The number of rotatable bonds is 2. The molecule has 0 unspecified atom stereocenters. The van der Waals surface area contributed by atoms with Crippen LogP contribution in [0.2, 0.25) is 0 Å². The first-order valence-corrected chi connectivity index (χ1v) is 9.30. The number of aliphatic hydroxyl groups excluding tert-OH is 1. The minimum atomic E-state index is -1.85. The van der Waals surface area contributed by atoms with Crippen LogP contribution in [0, 0.1) is 0 Å². The SMILES string of the molecule is CC[C@@]1(O)C(=O)OCc2c1cc1n(c2=O)Cc2cc3cc(C(O)O)ccc3nc2-1. The molecule has 0 aliphatic carbocycles. The van der Waals surface area contributed by atoms with Gasteiger partial charge in [0.15, 0.2) is 11.9 Å². The Labute approximate surface area is 164 Å². The average molecular weight is 394 g/mol. The Hall–Kier alpha value is -3.07. The van der Waals surface area contributed by atoms with Crippen molar-refractivity contribution in [1.29, 1.82) is 0 Å². The molecule has 2 aliphatic rings. The van der Waals surface area contributed by atoms with E-state index in [1.54, 1.807) is 35.8 Å². The van der Waals surface area contributed by atoms with E-state index in [4.69, 9.17) is 4.74 Å². The van der Waals surface area contributed by atoms with Crippen molar-refractivity contribution >= 4 is 16.9 Å². The van der Waals surface area contributed by atoms with Gasteiger partial charge < -0.3 is 24.6 Å². The maximum atomic E-state index is 13.1. The summed E-state index contributed by atoms with van der Waals surface area (Å²) in [7, 11) is 0. The van der Waals surface area contributed by atoms with E-state index in [1.807, 2.05) is 6.07 Å². The van der Waals surface area contributed by atoms with Crippen molar-refractivity contribution in [1.82, 2.24) is 9.55 Å². The van der Waals surface area contributed by atoms with Gasteiger partial charge in [0.2, 0.25) is 0 Å². The van der Waals surface area contributed by atoms with Crippen molar-refractivity contribution in [2.45, 2.75) is 38.4 Å². The third-order valence-corrected chi connectivity index (χ3v) is 5.83. The summed E-state index contributed by atoms with van der Waals surface area (Å²) in [5.41, 5.74) is 1.32. The van der Waals surface area contributed by atoms with E-state index in [1.165, 1.54) is 0 Å². The quantitative estimate of drug-likeness (QED) is 0.343. The summed E-state index contributed by atoms with van der Waals surface area (Å²) in [5, 5.41) is 30.4. The first kappa shape index (κ1) is 18.0. The maximum absolute atomic E-state index is 13.1. The van der Waals surface area contributed by atoms with Gasteiger partial charge >= 0.3 is 5.97 Å². The van der Waals surface area contributed by atoms with Gasteiger partial charge in [0, 0.05) is 22.1 Å². The fourth-order valence-corrected chi connectivity index (χ4v) is 4.16. The molecular formula is C21H18N2O6. The van der Waals surface area contributed by atoms with Crippen LogP contribution < -0.4 is 5.56 Å². The maximum Gasteiger partial charge on any atom is 0.343 e. The Morgan fingerprint density at radius 2 is 2.03 bits per heavy atom. The lowest BCUT2D eigenvalue weighted by Gasteiger charge is -2.31. The summed E-state index contributed by atoms with van der Waals surface area (Å²) >= 11 is 0. The van der Waals surface area contributed by atoms with E-state index >= 15 is 0 Å². The van der Waals surface area contributed by atoms with Gasteiger partial charge in [0.05, 0.1) is 29.0 Å². The molecule has 3 N–H and O–H groups in total. The normalized spacial score (nSPS) is 19.8. The van der Waals surface area contributed by atoms with Gasteiger partial charge in [0.25, 0.3) is 5.56 Å². The number of cyclic esters (lactones) is 1. The van der Waals surface area contributed by atoms with Crippen LogP contribution >= 0.6 is 0 Å². The highest BCUT2D eigenvalue weighted by atomic mass is 16.6. The van der Waals surface area contributed by atoms with E-state index < -0.39 is 17.9 Å². The van der Waals surface area contributed by atoms with Gasteiger partial charge in [-0.05, 0) is 30.7 Å². The van der Waals surface area contributed by atoms with Gasteiger partial charge in [-0.15, -0.1) is 0 Å². The van der Waals surface area contributed by atoms with E-state index in [0.717, 1.165) is 10.9 Å². The molecule has 2 aromatic heterocycles. The molecule has 0 bridgehead atoms. The minimum Gasteiger partial charge on any atom is -0.458 e. The van der Waals surface area contributed by atoms with Gasteiger partial charge in [-0.3, -0.25) is 4.79 Å². The summed E-state index contributed by atoms with van der Waals surface area (Å²) in [6, 6.07) is 8.43. The summed E-state index contributed by atoms with van der Waals surface area (Å²) in [5.74, 6) is -0.753. The summed E-state index contributed by atoms with van der Waals surface area (Å²) in [6.07, 6.45) is -1.49. The molecule has 29 heavy (non-hydrogen) atoms. The number of ether oxygens (including phenoxy) is 1. The smallest absolute Gasteiger partial charge is 0.343 e. The van der Waals surface area contributed by atoms with E-state index in [0.29, 0.717) is 29.0 Å². The number of carbonyl (C=O) groups excluding carboxylic acids is 1. The number of aliphatic hydroxyl groups is 3. The largest absolute Gasteiger partial charge is 0.458 e. The molecule has 1 atom stereocenters. The average Bonchev–Trinajstić information content (AvgIpc) is 3.07. The summed E-state index contributed by atoms with van der Waals surface area (Å²) < 4.78 is 6.62. The van der Waals surface area contributed by atoms with Gasteiger partial charge in [-0.2, -0.15) is 0 Å². The molecule has 5 rings (SSSR count). The number of hydrogen-bond donors (Lipinski definition) is 3. The van der Waals surface area contributed by atoms with Gasteiger partial charge in [-0.25, -0.2) is 9.78 Å². The second-order valence-electron chi connectivity index (χ2n) is 7.42. The van der Waals surface area contributed by atoms with Crippen LogP contribution in [-0.4, -0.2) is 30.8 Å².